The van der Waals surface area contributed by atoms with Crippen molar-refractivity contribution in [3.8, 4) is 0 Å². The number of hydrogen-bond acceptors (Lipinski definition) is 4. The molecule has 0 aromatic heterocycles. The first-order chi connectivity index (χ1) is 12.3. The predicted octanol–water partition coefficient (Wildman–Crippen LogP) is 1.47. The number of alkyl halides is 2. The zero-order valence-electron chi connectivity index (χ0n) is 14.4. The maximum atomic E-state index is 13.2. The van der Waals surface area contributed by atoms with Crippen LogP contribution in [0.3, 0.4) is 0 Å². The molecule has 2 heterocycles. The Balaban J connectivity index is 1.63. The average molecular weight is 387 g/mol. The largest absolute Gasteiger partial charge is 0.351 e. The Hall–Kier alpha value is -1.58. The predicted molar refractivity (Wildman–Crippen MR) is 92.3 cm³/mol. The van der Waals surface area contributed by atoms with Gasteiger partial charge in [-0.25, -0.2) is 17.2 Å². The van der Waals surface area contributed by atoms with E-state index in [0.29, 0.717) is 18.7 Å². The third kappa shape index (κ3) is 4.39. The van der Waals surface area contributed by atoms with Gasteiger partial charge in [-0.3, -0.25) is 10.1 Å². The minimum absolute atomic E-state index is 0.0892. The van der Waals surface area contributed by atoms with E-state index in [1.165, 1.54) is 16.4 Å². The number of piperidine rings is 1. The van der Waals surface area contributed by atoms with Gasteiger partial charge in [-0.05, 0) is 30.5 Å². The summed E-state index contributed by atoms with van der Waals surface area (Å²) in [7, 11) is -3.55. The summed E-state index contributed by atoms with van der Waals surface area (Å²) in [4.78, 5) is 12.2. The van der Waals surface area contributed by atoms with Crippen LogP contribution in [0.4, 0.5) is 8.78 Å². The lowest BCUT2D eigenvalue weighted by atomic mass is 10.1. The molecule has 0 aliphatic carbocycles. The number of carbonyl (C=O) groups excluding carboxylic acids is 1. The van der Waals surface area contributed by atoms with Gasteiger partial charge in [0.15, 0.2) is 0 Å². The lowest BCUT2D eigenvalue weighted by Crippen LogP contribution is -2.40. The van der Waals surface area contributed by atoms with Gasteiger partial charge in [-0.1, -0.05) is 18.6 Å². The van der Waals surface area contributed by atoms with Crippen molar-refractivity contribution in [2.24, 2.45) is 0 Å². The van der Waals surface area contributed by atoms with Crippen molar-refractivity contribution in [1.29, 1.82) is 0 Å². The van der Waals surface area contributed by atoms with Crippen molar-refractivity contribution < 1.29 is 22.0 Å². The smallest absolute Gasteiger partial charge is 0.262 e. The summed E-state index contributed by atoms with van der Waals surface area (Å²) in [5, 5.41) is 5.09. The number of carbonyl (C=O) groups is 1. The van der Waals surface area contributed by atoms with E-state index in [-0.39, 0.29) is 11.4 Å². The molecule has 144 valence electrons. The Kier molecular flexibility index (Phi) is 5.59. The second-order valence-electron chi connectivity index (χ2n) is 6.82. The van der Waals surface area contributed by atoms with Crippen LogP contribution in [0.2, 0.25) is 0 Å². The molecule has 26 heavy (non-hydrogen) atoms. The highest BCUT2D eigenvalue weighted by molar-refractivity contribution is 7.89. The van der Waals surface area contributed by atoms with Gasteiger partial charge in [0.2, 0.25) is 15.9 Å². The molecule has 1 aromatic rings. The summed E-state index contributed by atoms with van der Waals surface area (Å²) in [5.74, 6) is -3.38. The van der Waals surface area contributed by atoms with Crippen LogP contribution in [0, 0.1) is 0 Å². The third-order valence-corrected chi connectivity index (χ3v) is 6.64. The van der Waals surface area contributed by atoms with Crippen molar-refractivity contribution in [3.05, 3.63) is 29.8 Å². The number of benzene rings is 1. The molecular formula is C17H23F2N3O3S. The fourth-order valence-electron chi connectivity index (χ4n) is 3.28. The fourth-order valence-corrected chi connectivity index (χ4v) is 4.87. The molecule has 0 spiro atoms. The van der Waals surface area contributed by atoms with E-state index in [2.05, 4.69) is 10.6 Å². The molecule has 2 saturated heterocycles. The van der Waals surface area contributed by atoms with Gasteiger partial charge in [-0.2, -0.15) is 4.31 Å². The van der Waals surface area contributed by atoms with E-state index in [1.54, 1.807) is 12.1 Å². The van der Waals surface area contributed by atoms with Crippen molar-refractivity contribution in [2.45, 2.75) is 49.1 Å². The Morgan fingerprint density at radius 1 is 1.27 bits per heavy atom. The van der Waals surface area contributed by atoms with Gasteiger partial charge in [-0.15, -0.1) is 0 Å². The van der Waals surface area contributed by atoms with E-state index in [4.69, 9.17) is 0 Å². The van der Waals surface area contributed by atoms with Crippen LogP contribution in [-0.4, -0.2) is 50.2 Å². The van der Waals surface area contributed by atoms with Crippen LogP contribution >= 0.6 is 0 Å². The van der Waals surface area contributed by atoms with Gasteiger partial charge in [0, 0.05) is 26.1 Å². The Morgan fingerprint density at radius 2 is 2.00 bits per heavy atom. The third-order valence-electron chi connectivity index (χ3n) is 4.74. The Bertz CT molecular complexity index is 764. The molecule has 3 rings (SSSR count). The second-order valence-corrected chi connectivity index (χ2v) is 8.76. The maximum Gasteiger partial charge on any atom is 0.262 e. The number of halogens is 2. The number of nitrogens with one attached hydrogen (secondary N) is 2. The monoisotopic (exact) mass is 387 g/mol. The fraction of sp³-hybridized carbons (Fsp3) is 0.588. The summed E-state index contributed by atoms with van der Waals surface area (Å²) < 4.78 is 53.2. The molecule has 6 nitrogen and oxygen atoms in total. The van der Waals surface area contributed by atoms with Crippen molar-refractivity contribution >= 4 is 15.9 Å². The minimum atomic E-state index is -3.55. The molecule has 2 aliphatic rings. The summed E-state index contributed by atoms with van der Waals surface area (Å²) in [6.45, 7) is 0.621. The molecule has 1 unspecified atom stereocenters. The van der Waals surface area contributed by atoms with Crippen LogP contribution in [0.5, 0.6) is 0 Å². The first kappa shape index (κ1) is 19.2. The van der Waals surface area contributed by atoms with Gasteiger partial charge < -0.3 is 5.32 Å². The quantitative estimate of drug-likeness (QED) is 0.802. The van der Waals surface area contributed by atoms with Crippen molar-refractivity contribution in [1.82, 2.24) is 14.9 Å². The van der Waals surface area contributed by atoms with Crippen molar-refractivity contribution in [2.75, 3.05) is 19.6 Å². The van der Waals surface area contributed by atoms with E-state index in [1.807, 2.05) is 0 Å². The summed E-state index contributed by atoms with van der Waals surface area (Å²) in [6.07, 6.45) is 2.22. The minimum Gasteiger partial charge on any atom is -0.351 e. The number of rotatable bonds is 5. The molecular weight excluding hydrogens is 364 g/mol. The lowest BCUT2D eigenvalue weighted by molar-refractivity contribution is -0.123. The highest BCUT2D eigenvalue weighted by Crippen LogP contribution is 2.25. The Morgan fingerprint density at radius 3 is 2.65 bits per heavy atom. The first-order valence-corrected chi connectivity index (χ1v) is 10.2. The highest BCUT2D eigenvalue weighted by atomic mass is 32.2. The zero-order chi connectivity index (χ0) is 18.8. The molecule has 1 atom stereocenters. The van der Waals surface area contributed by atoms with E-state index in [9.17, 15) is 22.0 Å². The summed E-state index contributed by atoms with van der Waals surface area (Å²) >= 11 is 0. The normalized spacial score (nSPS) is 23.7. The first-order valence-electron chi connectivity index (χ1n) is 8.76. The van der Waals surface area contributed by atoms with Crippen LogP contribution in [0.15, 0.2) is 29.2 Å². The number of hydrogen-bond donors (Lipinski definition) is 2. The van der Waals surface area contributed by atoms with Gasteiger partial charge in [0.1, 0.15) is 0 Å². The van der Waals surface area contributed by atoms with Crippen LogP contribution in [0.1, 0.15) is 31.2 Å². The summed E-state index contributed by atoms with van der Waals surface area (Å²) in [6, 6.07) is 5.46. The number of amides is 1. The van der Waals surface area contributed by atoms with E-state index in [0.717, 1.165) is 19.3 Å². The van der Waals surface area contributed by atoms with E-state index < -0.39 is 40.9 Å². The van der Waals surface area contributed by atoms with E-state index >= 15 is 0 Å². The average Bonchev–Trinajstić information content (AvgIpc) is 3.00. The Labute approximate surface area is 152 Å². The highest BCUT2D eigenvalue weighted by Gasteiger charge is 2.42. The van der Waals surface area contributed by atoms with Crippen LogP contribution in [0.25, 0.3) is 0 Å². The molecule has 1 aromatic carbocycles. The standard InChI is InChI=1S/C17H23F2N3O3S/c18-17(19)10-15(21-12-17)16(23)20-11-13-5-4-6-14(9-13)26(24,25)22-7-2-1-3-8-22/h4-6,9,15,21H,1-3,7-8,10-12H2,(H,20,23). The lowest BCUT2D eigenvalue weighted by Gasteiger charge is -2.26. The molecule has 9 heteroatoms. The number of nitrogens with zero attached hydrogens (tertiary/aromatic N) is 1. The van der Waals surface area contributed by atoms with Crippen LogP contribution in [-0.2, 0) is 21.4 Å². The second kappa shape index (κ2) is 7.58. The van der Waals surface area contributed by atoms with Crippen molar-refractivity contribution in [3.63, 3.8) is 0 Å². The molecule has 2 N–H and O–H groups in total. The molecule has 0 bridgehead atoms. The number of sulfonamides is 1. The summed E-state index contributed by atoms with van der Waals surface area (Å²) in [5.41, 5.74) is 0.612. The topological polar surface area (TPSA) is 78.5 Å². The van der Waals surface area contributed by atoms with Gasteiger partial charge in [0.05, 0.1) is 17.5 Å². The molecule has 2 fully saturated rings. The molecule has 2 aliphatic heterocycles. The SMILES string of the molecule is O=C(NCc1cccc(S(=O)(=O)N2CCCCC2)c1)C1CC(F)(F)CN1. The molecule has 0 radical (unpaired) electrons. The zero-order valence-corrected chi connectivity index (χ0v) is 15.2. The molecule has 1 amide bonds. The molecule has 0 saturated carbocycles. The van der Waals surface area contributed by atoms with Crippen LogP contribution < -0.4 is 10.6 Å². The van der Waals surface area contributed by atoms with Gasteiger partial charge >= 0.3 is 0 Å². The maximum absolute atomic E-state index is 13.2. The van der Waals surface area contributed by atoms with Gasteiger partial charge in [0.25, 0.3) is 5.92 Å².